The van der Waals surface area contributed by atoms with Crippen molar-refractivity contribution in [2.24, 2.45) is 5.92 Å². The van der Waals surface area contributed by atoms with Crippen molar-refractivity contribution < 1.29 is 14.6 Å². The van der Waals surface area contributed by atoms with Crippen LogP contribution >= 0.6 is 0 Å². The van der Waals surface area contributed by atoms with E-state index in [2.05, 4.69) is 26.3 Å². The van der Waals surface area contributed by atoms with E-state index >= 15 is 0 Å². The number of rotatable bonds is 7. The lowest BCUT2D eigenvalue weighted by molar-refractivity contribution is 0.143. The van der Waals surface area contributed by atoms with Crippen LogP contribution in [0.15, 0.2) is 36.8 Å². The van der Waals surface area contributed by atoms with E-state index in [0.717, 1.165) is 22.3 Å². The molecule has 0 aliphatic rings. The van der Waals surface area contributed by atoms with Crippen molar-refractivity contribution in [1.29, 1.82) is 5.26 Å². The predicted molar refractivity (Wildman–Crippen MR) is 109 cm³/mol. The van der Waals surface area contributed by atoms with Gasteiger partial charge in [-0.15, -0.1) is 0 Å². The van der Waals surface area contributed by atoms with Crippen molar-refractivity contribution in [1.82, 2.24) is 20.3 Å². The summed E-state index contributed by atoms with van der Waals surface area (Å²) in [5.41, 5.74) is 1.80. The quantitative estimate of drug-likeness (QED) is 0.558. The van der Waals surface area contributed by atoms with E-state index in [1.807, 2.05) is 26.0 Å². The second kappa shape index (κ2) is 8.19. The van der Waals surface area contributed by atoms with Gasteiger partial charge in [0.05, 0.1) is 16.8 Å². The zero-order chi connectivity index (χ0) is 21.0. The Balaban J connectivity index is 1.87. The van der Waals surface area contributed by atoms with Crippen LogP contribution in [0, 0.1) is 17.2 Å². The molecule has 0 radical (unpaired) electrons. The highest BCUT2D eigenvalue weighted by Gasteiger charge is 2.29. The molecule has 0 saturated heterocycles. The molecule has 1 atom stereocenters. The van der Waals surface area contributed by atoms with Crippen molar-refractivity contribution in [3.05, 3.63) is 42.4 Å². The number of aromatic amines is 1. The second-order valence-corrected chi connectivity index (χ2v) is 7.66. The van der Waals surface area contributed by atoms with Crippen molar-refractivity contribution in [3.8, 4) is 23.1 Å². The number of carboxylic acid groups (broad SMARTS) is 1. The summed E-state index contributed by atoms with van der Waals surface area (Å²) in [6, 6.07) is 9.30. The summed E-state index contributed by atoms with van der Waals surface area (Å²) in [6.45, 7) is 5.94. The van der Waals surface area contributed by atoms with Crippen LogP contribution < -0.4 is 10.1 Å². The van der Waals surface area contributed by atoms with Crippen molar-refractivity contribution in [2.45, 2.75) is 32.7 Å². The number of hydrogen-bond acceptors (Lipinski definition) is 5. The van der Waals surface area contributed by atoms with E-state index in [0.29, 0.717) is 17.7 Å². The fourth-order valence-corrected chi connectivity index (χ4v) is 3.54. The van der Waals surface area contributed by atoms with Crippen molar-refractivity contribution >= 4 is 17.1 Å². The average Bonchev–Trinajstić information content (AvgIpc) is 3.13. The van der Waals surface area contributed by atoms with Gasteiger partial charge >= 0.3 is 6.09 Å². The Morgan fingerprint density at radius 2 is 2.17 bits per heavy atom. The fraction of sp³-hybridized carbons (Fsp3) is 0.333. The van der Waals surface area contributed by atoms with E-state index in [1.54, 1.807) is 25.3 Å². The number of nitriles is 1. The van der Waals surface area contributed by atoms with Gasteiger partial charge in [0.25, 0.3) is 0 Å². The summed E-state index contributed by atoms with van der Waals surface area (Å²) in [5, 5.41) is 22.2. The first-order chi connectivity index (χ1) is 13.8. The first-order valence-corrected chi connectivity index (χ1v) is 9.28. The standard InChI is InChI=1S/C21H23N5O3/c1-13(2)9-21(3,26-20(27)28)11-29-17-5-4-14(8-15(17)10-22)18-16-6-7-23-19(16)25-12-24-18/h4-8,12-13,26H,9,11H2,1-3H3,(H,27,28)(H,23,24,25). The number of nitrogens with one attached hydrogen (secondary N) is 2. The first kappa shape index (κ1) is 20.1. The molecule has 0 aliphatic heterocycles. The highest BCUT2D eigenvalue weighted by Crippen LogP contribution is 2.30. The Kier molecular flexibility index (Phi) is 5.69. The Bertz CT molecular complexity index is 1070. The van der Waals surface area contributed by atoms with E-state index < -0.39 is 11.6 Å². The number of benzene rings is 1. The molecule has 150 valence electrons. The number of nitrogens with zero attached hydrogens (tertiary/aromatic N) is 3. The number of amides is 1. The molecule has 3 rings (SSSR count). The summed E-state index contributed by atoms with van der Waals surface area (Å²) < 4.78 is 5.87. The summed E-state index contributed by atoms with van der Waals surface area (Å²) in [7, 11) is 0. The average molecular weight is 393 g/mol. The molecule has 0 spiro atoms. The Hall–Kier alpha value is -3.60. The maximum atomic E-state index is 11.2. The van der Waals surface area contributed by atoms with Crippen LogP contribution in [-0.2, 0) is 0 Å². The van der Waals surface area contributed by atoms with Gasteiger partial charge in [0.1, 0.15) is 30.4 Å². The second-order valence-electron chi connectivity index (χ2n) is 7.66. The van der Waals surface area contributed by atoms with Gasteiger partial charge in [-0.1, -0.05) is 13.8 Å². The molecule has 1 unspecified atom stereocenters. The molecule has 8 nitrogen and oxygen atoms in total. The molecule has 1 aromatic carbocycles. The summed E-state index contributed by atoms with van der Waals surface area (Å²) in [5.74, 6) is 0.674. The molecule has 0 bridgehead atoms. The molecule has 0 aliphatic carbocycles. The largest absolute Gasteiger partial charge is 0.490 e. The van der Waals surface area contributed by atoms with E-state index in [1.165, 1.54) is 6.33 Å². The number of H-pyrrole nitrogens is 1. The lowest BCUT2D eigenvalue weighted by Crippen LogP contribution is -2.50. The first-order valence-electron chi connectivity index (χ1n) is 9.28. The number of ether oxygens (including phenoxy) is 1. The molecule has 2 aromatic heterocycles. The van der Waals surface area contributed by atoms with Gasteiger partial charge in [0, 0.05) is 17.1 Å². The zero-order valence-corrected chi connectivity index (χ0v) is 16.6. The molecule has 8 heteroatoms. The summed E-state index contributed by atoms with van der Waals surface area (Å²) in [6.07, 6.45) is 2.76. The molecule has 0 fully saturated rings. The Morgan fingerprint density at radius 1 is 1.38 bits per heavy atom. The molecule has 0 saturated carbocycles. The minimum absolute atomic E-state index is 0.112. The summed E-state index contributed by atoms with van der Waals surface area (Å²) >= 11 is 0. The highest BCUT2D eigenvalue weighted by atomic mass is 16.5. The van der Waals surface area contributed by atoms with Gasteiger partial charge in [-0.2, -0.15) is 5.26 Å². The normalized spacial score (nSPS) is 13.1. The maximum absolute atomic E-state index is 11.2. The van der Waals surface area contributed by atoms with Crippen LogP contribution in [-0.4, -0.2) is 38.3 Å². The third-order valence-corrected chi connectivity index (χ3v) is 4.54. The van der Waals surface area contributed by atoms with Crippen LogP contribution in [0.5, 0.6) is 5.75 Å². The molecule has 3 aromatic rings. The van der Waals surface area contributed by atoms with E-state index in [4.69, 9.17) is 9.84 Å². The van der Waals surface area contributed by atoms with Crippen LogP contribution in [0.1, 0.15) is 32.8 Å². The highest BCUT2D eigenvalue weighted by molar-refractivity contribution is 5.90. The van der Waals surface area contributed by atoms with E-state index in [9.17, 15) is 10.1 Å². The Labute approximate surface area is 168 Å². The predicted octanol–water partition coefficient (Wildman–Crippen LogP) is 3.95. The number of aromatic nitrogens is 3. The van der Waals surface area contributed by atoms with Crippen molar-refractivity contribution in [3.63, 3.8) is 0 Å². The van der Waals surface area contributed by atoms with Gasteiger partial charge in [-0.25, -0.2) is 14.8 Å². The third-order valence-electron chi connectivity index (χ3n) is 4.54. The van der Waals surface area contributed by atoms with Gasteiger partial charge in [0.2, 0.25) is 0 Å². The molecular formula is C21H23N5O3. The lowest BCUT2D eigenvalue weighted by atomic mass is 9.91. The smallest absolute Gasteiger partial charge is 0.405 e. The third kappa shape index (κ3) is 4.63. The number of fused-ring (bicyclic) bond motifs is 1. The lowest BCUT2D eigenvalue weighted by Gasteiger charge is -2.31. The zero-order valence-electron chi connectivity index (χ0n) is 16.6. The van der Waals surface area contributed by atoms with Crippen LogP contribution in [0.4, 0.5) is 4.79 Å². The number of hydrogen-bond donors (Lipinski definition) is 3. The minimum Gasteiger partial charge on any atom is -0.490 e. The minimum atomic E-state index is -1.10. The topological polar surface area (TPSA) is 124 Å². The van der Waals surface area contributed by atoms with Gasteiger partial charge < -0.3 is 20.1 Å². The SMILES string of the molecule is CC(C)CC(C)(COc1ccc(-c2ncnc3[nH]ccc23)cc1C#N)NC(=O)O. The van der Waals surface area contributed by atoms with Gasteiger partial charge in [-0.05, 0) is 43.5 Å². The van der Waals surface area contributed by atoms with E-state index in [-0.39, 0.29) is 12.5 Å². The van der Waals surface area contributed by atoms with Crippen LogP contribution in [0.3, 0.4) is 0 Å². The van der Waals surface area contributed by atoms with Crippen molar-refractivity contribution in [2.75, 3.05) is 6.61 Å². The maximum Gasteiger partial charge on any atom is 0.405 e. The molecule has 29 heavy (non-hydrogen) atoms. The molecule has 2 heterocycles. The van der Waals surface area contributed by atoms with Crippen LogP contribution in [0.25, 0.3) is 22.3 Å². The number of carbonyl (C=O) groups is 1. The monoisotopic (exact) mass is 393 g/mol. The van der Waals surface area contributed by atoms with Gasteiger partial charge in [0.15, 0.2) is 0 Å². The molecular weight excluding hydrogens is 370 g/mol. The molecule has 1 amide bonds. The molecule has 3 N–H and O–H groups in total. The van der Waals surface area contributed by atoms with Crippen LogP contribution in [0.2, 0.25) is 0 Å². The summed E-state index contributed by atoms with van der Waals surface area (Å²) in [4.78, 5) is 22.8. The van der Waals surface area contributed by atoms with Gasteiger partial charge in [-0.3, -0.25) is 0 Å². The Morgan fingerprint density at radius 3 is 2.86 bits per heavy atom. The fourth-order valence-electron chi connectivity index (χ4n) is 3.54.